The number of hydrogen-bond acceptors (Lipinski definition) is 4. The lowest BCUT2D eigenvalue weighted by Gasteiger charge is -2.25. The number of nitrogens with one attached hydrogen (secondary N) is 1. The highest BCUT2D eigenvalue weighted by molar-refractivity contribution is 5.77. The number of carbonyl (C=O) groups excluding carboxylic acids is 1. The number of aryl methyl sites for hydroxylation is 1. The van der Waals surface area contributed by atoms with Crippen molar-refractivity contribution in [3.63, 3.8) is 0 Å². The van der Waals surface area contributed by atoms with Crippen LogP contribution in [0.25, 0.3) is 0 Å². The van der Waals surface area contributed by atoms with Gasteiger partial charge in [-0.2, -0.15) is 0 Å². The van der Waals surface area contributed by atoms with E-state index in [0.29, 0.717) is 6.54 Å². The van der Waals surface area contributed by atoms with Crippen molar-refractivity contribution in [1.29, 1.82) is 0 Å². The fourth-order valence-corrected chi connectivity index (χ4v) is 2.38. The van der Waals surface area contributed by atoms with E-state index < -0.39 is 0 Å². The zero-order valence-electron chi connectivity index (χ0n) is 10.8. The second kappa shape index (κ2) is 6.02. The van der Waals surface area contributed by atoms with Gasteiger partial charge in [-0.15, -0.1) is 0 Å². The molecule has 1 atom stereocenters. The van der Waals surface area contributed by atoms with E-state index in [-0.39, 0.29) is 18.5 Å². The number of rotatable bonds is 5. The molecule has 5 nitrogen and oxygen atoms in total. The summed E-state index contributed by atoms with van der Waals surface area (Å²) in [5, 5.41) is 2.85. The number of amides is 1. The Bertz CT molecular complexity index is 397. The summed E-state index contributed by atoms with van der Waals surface area (Å²) >= 11 is 0. The standard InChI is InChI=1S/C13H21N3O2/c1-10-4-5-12(18-10)11(9-15-13(17)8-14)16-6-2-3-7-16/h4-5,11H,2-3,6-9,14H2,1H3,(H,15,17). The first-order valence-corrected chi connectivity index (χ1v) is 6.48. The highest BCUT2D eigenvalue weighted by atomic mass is 16.3. The molecule has 0 aromatic carbocycles. The molecule has 0 saturated carbocycles. The number of likely N-dealkylation sites (tertiary alicyclic amines) is 1. The fourth-order valence-electron chi connectivity index (χ4n) is 2.38. The van der Waals surface area contributed by atoms with Crippen LogP contribution >= 0.6 is 0 Å². The van der Waals surface area contributed by atoms with Crippen molar-refractivity contribution >= 4 is 5.91 Å². The van der Waals surface area contributed by atoms with Gasteiger partial charge in [0.1, 0.15) is 11.5 Å². The molecule has 0 bridgehead atoms. The molecular weight excluding hydrogens is 230 g/mol. The molecule has 2 rings (SSSR count). The molecule has 18 heavy (non-hydrogen) atoms. The van der Waals surface area contributed by atoms with Crippen LogP contribution in [0.15, 0.2) is 16.5 Å². The molecule has 2 heterocycles. The second-order valence-corrected chi connectivity index (χ2v) is 4.72. The van der Waals surface area contributed by atoms with Crippen molar-refractivity contribution in [3.8, 4) is 0 Å². The van der Waals surface area contributed by atoms with Crippen molar-refractivity contribution in [1.82, 2.24) is 10.2 Å². The van der Waals surface area contributed by atoms with Crippen LogP contribution < -0.4 is 11.1 Å². The topological polar surface area (TPSA) is 71.5 Å². The summed E-state index contributed by atoms with van der Waals surface area (Å²) in [4.78, 5) is 13.6. The van der Waals surface area contributed by atoms with Crippen molar-refractivity contribution in [2.45, 2.75) is 25.8 Å². The lowest BCUT2D eigenvalue weighted by atomic mass is 10.2. The Morgan fingerprint density at radius 3 is 2.78 bits per heavy atom. The minimum absolute atomic E-state index is 0.0316. The van der Waals surface area contributed by atoms with Crippen LogP contribution in [0.2, 0.25) is 0 Å². The van der Waals surface area contributed by atoms with E-state index in [1.54, 1.807) is 0 Å². The molecule has 1 unspecified atom stereocenters. The number of furan rings is 1. The average Bonchev–Trinajstić information content (AvgIpc) is 3.01. The van der Waals surface area contributed by atoms with E-state index in [9.17, 15) is 4.79 Å². The predicted octanol–water partition coefficient (Wildman–Crippen LogP) is 0.800. The number of hydrogen-bond donors (Lipinski definition) is 2. The minimum Gasteiger partial charge on any atom is -0.465 e. The van der Waals surface area contributed by atoms with Gasteiger partial charge in [-0.05, 0) is 45.0 Å². The highest BCUT2D eigenvalue weighted by Crippen LogP contribution is 2.25. The molecule has 0 spiro atoms. The SMILES string of the molecule is Cc1ccc(C(CNC(=O)CN)N2CCCC2)o1. The largest absolute Gasteiger partial charge is 0.465 e. The Balaban J connectivity index is 2.04. The molecule has 5 heteroatoms. The first-order chi connectivity index (χ1) is 8.70. The molecule has 1 fully saturated rings. The van der Waals surface area contributed by atoms with Gasteiger partial charge in [0.25, 0.3) is 0 Å². The molecule has 3 N–H and O–H groups in total. The van der Waals surface area contributed by atoms with Gasteiger partial charge in [-0.25, -0.2) is 0 Å². The van der Waals surface area contributed by atoms with Crippen LogP contribution in [0.5, 0.6) is 0 Å². The van der Waals surface area contributed by atoms with Crippen LogP contribution in [-0.4, -0.2) is 37.0 Å². The summed E-state index contributed by atoms with van der Waals surface area (Å²) in [6.45, 7) is 4.64. The minimum atomic E-state index is -0.123. The zero-order valence-corrected chi connectivity index (χ0v) is 10.8. The molecule has 1 saturated heterocycles. The van der Waals surface area contributed by atoms with Gasteiger partial charge in [0.05, 0.1) is 12.6 Å². The van der Waals surface area contributed by atoms with E-state index in [4.69, 9.17) is 10.2 Å². The highest BCUT2D eigenvalue weighted by Gasteiger charge is 2.26. The molecule has 1 aromatic rings. The molecule has 1 amide bonds. The zero-order chi connectivity index (χ0) is 13.0. The quantitative estimate of drug-likeness (QED) is 0.812. The lowest BCUT2D eigenvalue weighted by Crippen LogP contribution is -2.39. The van der Waals surface area contributed by atoms with Gasteiger partial charge < -0.3 is 15.5 Å². The normalized spacial score (nSPS) is 17.9. The van der Waals surface area contributed by atoms with Crippen LogP contribution in [0.3, 0.4) is 0 Å². The fraction of sp³-hybridized carbons (Fsp3) is 0.615. The van der Waals surface area contributed by atoms with Crippen LogP contribution in [0.1, 0.15) is 30.4 Å². The molecule has 1 aliphatic heterocycles. The maximum absolute atomic E-state index is 11.3. The summed E-state index contributed by atoms with van der Waals surface area (Å²) in [5.41, 5.74) is 5.31. The van der Waals surface area contributed by atoms with Crippen molar-refractivity contribution in [2.75, 3.05) is 26.2 Å². The first-order valence-electron chi connectivity index (χ1n) is 6.48. The van der Waals surface area contributed by atoms with Crippen LogP contribution in [0, 0.1) is 6.92 Å². The Morgan fingerprint density at radius 1 is 1.50 bits per heavy atom. The third-order valence-electron chi connectivity index (χ3n) is 3.35. The first kappa shape index (κ1) is 13.1. The summed E-state index contributed by atoms with van der Waals surface area (Å²) in [7, 11) is 0. The van der Waals surface area contributed by atoms with Gasteiger partial charge in [-0.3, -0.25) is 9.69 Å². The van der Waals surface area contributed by atoms with Gasteiger partial charge in [-0.1, -0.05) is 0 Å². The Kier molecular flexibility index (Phi) is 4.38. The van der Waals surface area contributed by atoms with Crippen molar-refractivity contribution < 1.29 is 9.21 Å². The molecule has 1 aromatic heterocycles. The summed E-state index contributed by atoms with van der Waals surface area (Å²) in [6, 6.07) is 4.08. The van der Waals surface area contributed by atoms with Gasteiger partial charge in [0.15, 0.2) is 0 Å². The molecular formula is C13H21N3O2. The average molecular weight is 251 g/mol. The second-order valence-electron chi connectivity index (χ2n) is 4.72. The van der Waals surface area contributed by atoms with E-state index in [1.807, 2.05) is 19.1 Å². The van der Waals surface area contributed by atoms with Crippen LogP contribution in [0.4, 0.5) is 0 Å². The van der Waals surface area contributed by atoms with E-state index in [2.05, 4.69) is 10.2 Å². The number of nitrogens with two attached hydrogens (primary N) is 1. The Hall–Kier alpha value is -1.33. The van der Waals surface area contributed by atoms with Crippen LogP contribution in [-0.2, 0) is 4.79 Å². The van der Waals surface area contributed by atoms with Crippen molar-refractivity contribution in [3.05, 3.63) is 23.7 Å². The maximum Gasteiger partial charge on any atom is 0.233 e. The third-order valence-corrected chi connectivity index (χ3v) is 3.35. The third kappa shape index (κ3) is 3.11. The van der Waals surface area contributed by atoms with E-state index in [0.717, 1.165) is 24.6 Å². The van der Waals surface area contributed by atoms with Gasteiger partial charge in [0, 0.05) is 6.54 Å². The molecule has 0 aliphatic carbocycles. The molecule has 1 aliphatic rings. The van der Waals surface area contributed by atoms with Gasteiger partial charge >= 0.3 is 0 Å². The Morgan fingerprint density at radius 2 is 2.22 bits per heavy atom. The predicted molar refractivity (Wildman–Crippen MR) is 69.1 cm³/mol. The number of nitrogens with zero attached hydrogens (tertiary/aromatic N) is 1. The Labute approximate surface area is 107 Å². The molecule has 100 valence electrons. The maximum atomic E-state index is 11.3. The summed E-state index contributed by atoms with van der Waals surface area (Å²) in [5.74, 6) is 1.70. The molecule has 0 radical (unpaired) electrons. The van der Waals surface area contributed by atoms with Gasteiger partial charge in [0.2, 0.25) is 5.91 Å². The summed E-state index contributed by atoms with van der Waals surface area (Å²) in [6.07, 6.45) is 2.42. The van der Waals surface area contributed by atoms with Crippen molar-refractivity contribution in [2.24, 2.45) is 5.73 Å². The van der Waals surface area contributed by atoms with E-state index in [1.165, 1.54) is 12.8 Å². The van der Waals surface area contributed by atoms with E-state index >= 15 is 0 Å². The number of carbonyl (C=O) groups is 1. The monoisotopic (exact) mass is 251 g/mol. The lowest BCUT2D eigenvalue weighted by molar-refractivity contribution is -0.120. The smallest absolute Gasteiger partial charge is 0.233 e. The summed E-state index contributed by atoms with van der Waals surface area (Å²) < 4.78 is 5.70.